The van der Waals surface area contributed by atoms with Gasteiger partial charge in [0, 0.05) is 12.3 Å². The molecule has 3 heteroatoms. The van der Waals surface area contributed by atoms with E-state index in [-0.39, 0.29) is 17.8 Å². The van der Waals surface area contributed by atoms with Gasteiger partial charge in [0.1, 0.15) is 0 Å². The molecule has 0 saturated carbocycles. The zero-order valence-electron chi connectivity index (χ0n) is 7.91. The van der Waals surface area contributed by atoms with E-state index in [1.165, 1.54) is 0 Å². The first-order chi connectivity index (χ1) is 5.37. The van der Waals surface area contributed by atoms with Gasteiger partial charge >= 0.3 is 0 Å². The van der Waals surface area contributed by atoms with E-state index in [9.17, 15) is 8.78 Å². The average Bonchev–Trinajstić information content (AvgIpc) is 1.84. The first-order valence-corrected chi connectivity index (χ1v) is 4.75. The largest absolute Gasteiger partial charge is 0.238 e. The van der Waals surface area contributed by atoms with Crippen molar-refractivity contribution < 1.29 is 8.78 Å². The van der Waals surface area contributed by atoms with Crippen LogP contribution in [0.4, 0.5) is 8.78 Å². The van der Waals surface area contributed by atoms with Crippen LogP contribution in [0.5, 0.6) is 0 Å². The van der Waals surface area contributed by atoms with Crippen LogP contribution in [0.15, 0.2) is 0 Å². The maximum absolute atomic E-state index is 11.9. The molecule has 0 rings (SSSR count). The SMILES string of the molecule is CC(CC(F)F)CC(C)(C)CCl. The molecule has 12 heavy (non-hydrogen) atoms. The maximum Gasteiger partial charge on any atom is 0.238 e. The van der Waals surface area contributed by atoms with E-state index in [0.717, 1.165) is 6.42 Å². The minimum absolute atomic E-state index is 0.0136. The molecule has 1 atom stereocenters. The number of alkyl halides is 3. The Morgan fingerprint density at radius 1 is 1.33 bits per heavy atom. The highest BCUT2D eigenvalue weighted by molar-refractivity contribution is 6.18. The predicted octanol–water partition coefficient (Wildman–Crippen LogP) is 3.93. The molecular formula is C9H17ClF2. The van der Waals surface area contributed by atoms with E-state index in [1.54, 1.807) is 0 Å². The molecule has 0 fully saturated rings. The Morgan fingerprint density at radius 3 is 2.17 bits per heavy atom. The minimum Gasteiger partial charge on any atom is -0.211 e. The Labute approximate surface area is 78.3 Å². The summed E-state index contributed by atoms with van der Waals surface area (Å²) in [5.74, 6) is 0.583. The average molecular weight is 199 g/mol. The third-order valence-corrected chi connectivity index (χ3v) is 2.57. The lowest BCUT2D eigenvalue weighted by Gasteiger charge is -2.25. The summed E-state index contributed by atoms with van der Waals surface area (Å²) in [7, 11) is 0. The molecular weight excluding hydrogens is 182 g/mol. The van der Waals surface area contributed by atoms with Crippen LogP contribution in [0, 0.1) is 11.3 Å². The fourth-order valence-corrected chi connectivity index (χ4v) is 1.49. The van der Waals surface area contributed by atoms with Gasteiger partial charge in [-0.15, -0.1) is 11.6 Å². The predicted molar refractivity (Wildman–Crippen MR) is 48.9 cm³/mol. The second kappa shape index (κ2) is 5.00. The molecule has 0 heterocycles. The topological polar surface area (TPSA) is 0 Å². The summed E-state index contributed by atoms with van der Waals surface area (Å²) in [5.41, 5.74) is -0.0180. The highest BCUT2D eigenvalue weighted by atomic mass is 35.5. The smallest absolute Gasteiger partial charge is 0.211 e. The Kier molecular flexibility index (Phi) is 5.07. The summed E-state index contributed by atoms with van der Waals surface area (Å²) in [6, 6.07) is 0. The van der Waals surface area contributed by atoms with Gasteiger partial charge in [0.2, 0.25) is 6.43 Å². The van der Waals surface area contributed by atoms with E-state index >= 15 is 0 Å². The molecule has 0 aromatic rings. The fraction of sp³-hybridized carbons (Fsp3) is 1.00. The summed E-state index contributed by atoms with van der Waals surface area (Å²) >= 11 is 5.69. The third kappa shape index (κ3) is 5.76. The summed E-state index contributed by atoms with van der Waals surface area (Å²) in [6.07, 6.45) is -1.44. The maximum atomic E-state index is 11.9. The van der Waals surface area contributed by atoms with Crippen molar-refractivity contribution in [2.45, 2.75) is 40.0 Å². The van der Waals surface area contributed by atoms with Crippen molar-refractivity contribution in [1.29, 1.82) is 0 Å². The minimum atomic E-state index is -2.19. The molecule has 0 aromatic carbocycles. The number of hydrogen-bond donors (Lipinski definition) is 0. The van der Waals surface area contributed by atoms with Crippen LogP contribution in [0.3, 0.4) is 0 Å². The van der Waals surface area contributed by atoms with Gasteiger partial charge < -0.3 is 0 Å². The first kappa shape index (κ1) is 12.2. The van der Waals surface area contributed by atoms with Gasteiger partial charge in [-0.2, -0.15) is 0 Å². The van der Waals surface area contributed by atoms with E-state index in [0.29, 0.717) is 5.88 Å². The van der Waals surface area contributed by atoms with E-state index < -0.39 is 6.43 Å². The van der Waals surface area contributed by atoms with Gasteiger partial charge in [-0.25, -0.2) is 8.78 Å². The lowest BCUT2D eigenvalue weighted by atomic mass is 9.84. The lowest BCUT2D eigenvalue weighted by molar-refractivity contribution is 0.107. The van der Waals surface area contributed by atoms with Crippen molar-refractivity contribution in [1.82, 2.24) is 0 Å². The van der Waals surface area contributed by atoms with Gasteiger partial charge in [0.25, 0.3) is 0 Å². The molecule has 0 spiro atoms. The normalized spacial score (nSPS) is 15.2. The van der Waals surface area contributed by atoms with Crippen LogP contribution in [0.2, 0.25) is 0 Å². The van der Waals surface area contributed by atoms with Crippen LogP contribution in [0.25, 0.3) is 0 Å². The Bertz CT molecular complexity index is 124. The zero-order chi connectivity index (χ0) is 9.78. The third-order valence-electron chi connectivity index (χ3n) is 1.84. The molecule has 0 aliphatic rings. The van der Waals surface area contributed by atoms with Gasteiger partial charge in [-0.05, 0) is 17.8 Å². The lowest BCUT2D eigenvalue weighted by Crippen LogP contribution is -2.18. The highest BCUT2D eigenvalue weighted by Gasteiger charge is 2.21. The molecule has 74 valence electrons. The quantitative estimate of drug-likeness (QED) is 0.588. The fourth-order valence-electron chi connectivity index (χ4n) is 1.39. The summed E-state index contributed by atoms with van der Waals surface area (Å²) in [5, 5.41) is 0. The van der Waals surface area contributed by atoms with Crippen LogP contribution in [-0.4, -0.2) is 12.3 Å². The second-order valence-electron chi connectivity index (χ2n) is 4.23. The Balaban J connectivity index is 3.75. The molecule has 0 aliphatic heterocycles. The summed E-state index contributed by atoms with van der Waals surface area (Å²) < 4.78 is 23.9. The van der Waals surface area contributed by atoms with Crippen molar-refractivity contribution in [2.24, 2.45) is 11.3 Å². The molecule has 0 amide bonds. The van der Waals surface area contributed by atoms with Crippen LogP contribution >= 0.6 is 11.6 Å². The molecule has 0 nitrogen and oxygen atoms in total. The van der Waals surface area contributed by atoms with Crippen LogP contribution < -0.4 is 0 Å². The molecule has 0 N–H and O–H groups in total. The molecule has 0 aromatic heterocycles. The standard InChI is InChI=1S/C9H17ClF2/c1-7(4-8(11)12)5-9(2,3)6-10/h7-8H,4-6H2,1-3H3. The van der Waals surface area contributed by atoms with Crippen molar-refractivity contribution in [3.05, 3.63) is 0 Å². The van der Waals surface area contributed by atoms with E-state index in [4.69, 9.17) is 11.6 Å². The van der Waals surface area contributed by atoms with Crippen LogP contribution in [-0.2, 0) is 0 Å². The van der Waals surface area contributed by atoms with Crippen LogP contribution in [0.1, 0.15) is 33.6 Å². The Morgan fingerprint density at radius 2 is 1.83 bits per heavy atom. The molecule has 0 saturated heterocycles. The molecule has 0 bridgehead atoms. The van der Waals surface area contributed by atoms with Crippen molar-refractivity contribution in [3.8, 4) is 0 Å². The second-order valence-corrected chi connectivity index (χ2v) is 4.50. The van der Waals surface area contributed by atoms with Gasteiger partial charge in [0.05, 0.1) is 0 Å². The summed E-state index contributed by atoms with van der Waals surface area (Å²) in [4.78, 5) is 0. The summed E-state index contributed by atoms with van der Waals surface area (Å²) in [6.45, 7) is 5.85. The van der Waals surface area contributed by atoms with Crippen molar-refractivity contribution >= 4 is 11.6 Å². The monoisotopic (exact) mass is 198 g/mol. The molecule has 0 radical (unpaired) electrons. The number of rotatable bonds is 5. The van der Waals surface area contributed by atoms with Gasteiger partial charge in [-0.1, -0.05) is 20.8 Å². The van der Waals surface area contributed by atoms with Crippen molar-refractivity contribution in [2.75, 3.05) is 5.88 Å². The van der Waals surface area contributed by atoms with E-state index in [1.807, 2.05) is 20.8 Å². The number of hydrogen-bond acceptors (Lipinski definition) is 0. The molecule has 0 aliphatic carbocycles. The highest BCUT2D eigenvalue weighted by Crippen LogP contribution is 2.29. The molecule has 1 unspecified atom stereocenters. The van der Waals surface area contributed by atoms with Gasteiger partial charge in [-0.3, -0.25) is 0 Å². The Hall–Kier alpha value is 0.150. The zero-order valence-corrected chi connectivity index (χ0v) is 8.67. The van der Waals surface area contributed by atoms with Gasteiger partial charge in [0.15, 0.2) is 0 Å². The van der Waals surface area contributed by atoms with E-state index in [2.05, 4.69) is 0 Å². The van der Waals surface area contributed by atoms with Crippen molar-refractivity contribution in [3.63, 3.8) is 0 Å². The first-order valence-electron chi connectivity index (χ1n) is 4.21. The number of halogens is 3.